The molecule has 1 aromatic rings. The predicted molar refractivity (Wildman–Crippen MR) is 68.3 cm³/mol. The fraction of sp³-hybridized carbons (Fsp3) is 0.417. The highest BCUT2D eigenvalue weighted by Gasteiger charge is 2.29. The molecule has 1 aliphatic heterocycles. The van der Waals surface area contributed by atoms with Crippen LogP contribution < -0.4 is 10.6 Å². The molecule has 0 saturated carbocycles. The Kier molecular flexibility index (Phi) is 3.17. The molecule has 1 fully saturated rings. The average molecular weight is 280 g/mol. The molecule has 2 atom stereocenters. The van der Waals surface area contributed by atoms with Crippen LogP contribution in [0.5, 0.6) is 0 Å². The molecular formula is C12H14BrN3. The zero-order valence-corrected chi connectivity index (χ0v) is 10.7. The molecule has 16 heavy (non-hydrogen) atoms. The molecule has 1 saturated heterocycles. The summed E-state index contributed by atoms with van der Waals surface area (Å²) in [6.45, 7) is 3.03. The van der Waals surface area contributed by atoms with Crippen LogP contribution in [-0.2, 0) is 0 Å². The molecule has 1 aliphatic rings. The minimum Gasteiger partial charge on any atom is -0.366 e. The van der Waals surface area contributed by atoms with Gasteiger partial charge in [-0.2, -0.15) is 5.26 Å². The van der Waals surface area contributed by atoms with Gasteiger partial charge in [-0.3, -0.25) is 0 Å². The van der Waals surface area contributed by atoms with E-state index in [1.807, 2.05) is 18.2 Å². The van der Waals surface area contributed by atoms with Gasteiger partial charge in [0.05, 0.1) is 11.3 Å². The molecule has 4 heteroatoms. The van der Waals surface area contributed by atoms with Gasteiger partial charge in [0.25, 0.3) is 0 Å². The number of hydrogen-bond donors (Lipinski definition) is 1. The van der Waals surface area contributed by atoms with E-state index in [0.717, 1.165) is 23.1 Å². The minimum atomic E-state index is 0.200. The van der Waals surface area contributed by atoms with E-state index in [1.165, 1.54) is 0 Å². The lowest BCUT2D eigenvalue weighted by Gasteiger charge is -2.26. The zero-order valence-electron chi connectivity index (χ0n) is 9.15. The first kappa shape index (κ1) is 11.4. The normalized spacial score (nSPS) is 24.5. The van der Waals surface area contributed by atoms with Crippen molar-refractivity contribution in [3.8, 4) is 6.07 Å². The van der Waals surface area contributed by atoms with E-state index in [0.29, 0.717) is 11.6 Å². The van der Waals surface area contributed by atoms with Gasteiger partial charge in [0.2, 0.25) is 0 Å². The molecule has 2 N–H and O–H groups in total. The van der Waals surface area contributed by atoms with Gasteiger partial charge in [-0.1, -0.05) is 6.07 Å². The fourth-order valence-corrected chi connectivity index (χ4v) is 2.61. The van der Waals surface area contributed by atoms with Crippen LogP contribution in [0.2, 0.25) is 0 Å². The molecule has 0 aliphatic carbocycles. The molecule has 0 radical (unpaired) electrons. The maximum absolute atomic E-state index is 9.17. The third-order valence-corrected chi connectivity index (χ3v) is 3.89. The molecular weight excluding hydrogens is 266 g/mol. The quantitative estimate of drug-likeness (QED) is 0.858. The minimum absolute atomic E-state index is 0.200. The van der Waals surface area contributed by atoms with Crippen LogP contribution in [0.4, 0.5) is 5.69 Å². The second-order valence-corrected chi connectivity index (χ2v) is 4.99. The predicted octanol–water partition coefficient (Wildman–Crippen LogP) is 2.25. The Morgan fingerprint density at radius 1 is 1.56 bits per heavy atom. The molecule has 1 aromatic carbocycles. The Balaban J connectivity index is 2.42. The first-order valence-corrected chi connectivity index (χ1v) is 6.15. The van der Waals surface area contributed by atoms with Gasteiger partial charge < -0.3 is 10.6 Å². The smallest absolute Gasteiger partial charge is 0.103 e. The summed E-state index contributed by atoms with van der Waals surface area (Å²) in [6.07, 6.45) is 0.985. The standard InChI is InChI=1S/C12H14BrN3/c1-8-11(15)5-6-16(8)12-4-2-3-10(13)9(12)7-14/h2-4,8,11H,5-6,15H2,1H3. The van der Waals surface area contributed by atoms with Crippen molar-refractivity contribution in [1.82, 2.24) is 0 Å². The van der Waals surface area contributed by atoms with Crippen molar-refractivity contribution in [2.45, 2.75) is 25.4 Å². The van der Waals surface area contributed by atoms with E-state index in [9.17, 15) is 5.26 Å². The Hall–Kier alpha value is -1.05. The summed E-state index contributed by atoms with van der Waals surface area (Å²) in [4.78, 5) is 2.22. The highest BCUT2D eigenvalue weighted by atomic mass is 79.9. The lowest BCUT2D eigenvalue weighted by atomic mass is 10.1. The van der Waals surface area contributed by atoms with Gasteiger partial charge >= 0.3 is 0 Å². The van der Waals surface area contributed by atoms with Crippen LogP contribution in [0.3, 0.4) is 0 Å². The summed E-state index contributed by atoms with van der Waals surface area (Å²) >= 11 is 3.41. The van der Waals surface area contributed by atoms with Crippen molar-refractivity contribution < 1.29 is 0 Å². The van der Waals surface area contributed by atoms with Crippen molar-refractivity contribution in [2.24, 2.45) is 5.73 Å². The number of rotatable bonds is 1. The van der Waals surface area contributed by atoms with Gasteiger partial charge in [0, 0.05) is 23.1 Å². The van der Waals surface area contributed by atoms with E-state index in [1.54, 1.807) is 0 Å². The zero-order chi connectivity index (χ0) is 11.7. The Labute approximate surface area is 104 Å². The van der Waals surface area contributed by atoms with E-state index in [-0.39, 0.29) is 6.04 Å². The average Bonchev–Trinajstić information content (AvgIpc) is 2.59. The summed E-state index contributed by atoms with van der Waals surface area (Å²) in [5.74, 6) is 0. The molecule has 0 aromatic heterocycles. The maximum Gasteiger partial charge on any atom is 0.103 e. The van der Waals surface area contributed by atoms with Gasteiger partial charge in [-0.15, -0.1) is 0 Å². The van der Waals surface area contributed by atoms with E-state index in [4.69, 9.17) is 5.73 Å². The molecule has 1 heterocycles. The second-order valence-electron chi connectivity index (χ2n) is 4.13. The highest BCUT2D eigenvalue weighted by molar-refractivity contribution is 9.10. The van der Waals surface area contributed by atoms with E-state index >= 15 is 0 Å². The topological polar surface area (TPSA) is 53.0 Å². The molecule has 0 bridgehead atoms. The van der Waals surface area contributed by atoms with Crippen LogP contribution >= 0.6 is 15.9 Å². The summed E-state index contributed by atoms with van der Waals surface area (Å²) in [6, 6.07) is 8.57. The van der Waals surface area contributed by atoms with Crippen LogP contribution in [0.25, 0.3) is 0 Å². The van der Waals surface area contributed by atoms with Crippen molar-refractivity contribution in [1.29, 1.82) is 5.26 Å². The summed E-state index contributed by atoms with van der Waals surface area (Å²) < 4.78 is 0.847. The Morgan fingerprint density at radius 3 is 2.88 bits per heavy atom. The maximum atomic E-state index is 9.17. The monoisotopic (exact) mass is 279 g/mol. The van der Waals surface area contributed by atoms with Crippen molar-refractivity contribution in [3.05, 3.63) is 28.2 Å². The lowest BCUT2D eigenvalue weighted by molar-refractivity contribution is 0.624. The van der Waals surface area contributed by atoms with Crippen LogP contribution in [-0.4, -0.2) is 18.6 Å². The SMILES string of the molecule is CC1C(N)CCN1c1cccc(Br)c1C#N. The van der Waals surface area contributed by atoms with Crippen molar-refractivity contribution in [3.63, 3.8) is 0 Å². The number of nitriles is 1. The molecule has 3 nitrogen and oxygen atoms in total. The van der Waals surface area contributed by atoms with Crippen LogP contribution in [0, 0.1) is 11.3 Å². The van der Waals surface area contributed by atoms with E-state index in [2.05, 4.69) is 33.8 Å². The largest absolute Gasteiger partial charge is 0.366 e. The number of halogens is 1. The van der Waals surface area contributed by atoms with Gasteiger partial charge in [0.1, 0.15) is 6.07 Å². The Bertz CT molecular complexity index is 438. The molecule has 0 amide bonds. The number of benzene rings is 1. The highest BCUT2D eigenvalue weighted by Crippen LogP contribution is 2.31. The van der Waals surface area contributed by atoms with Crippen LogP contribution in [0.1, 0.15) is 18.9 Å². The van der Waals surface area contributed by atoms with E-state index < -0.39 is 0 Å². The van der Waals surface area contributed by atoms with Crippen LogP contribution in [0.15, 0.2) is 22.7 Å². The molecule has 0 spiro atoms. The lowest BCUT2D eigenvalue weighted by Crippen LogP contribution is -2.37. The number of anilines is 1. The van der Waals surface area contributed by atoms with Crippen molar-refractivity contribution in [2.75, 3.05) is 11.4 Å². The molecule has 2 unspecified atom stereocenters. The summed E-state index contributed by atoms with van der Waals surface area (Å²) in [7, 11) is 0. The molecule has 84 valence electrons. The van der Waals surface area contributed by atoms with Crippen molar-refractivity contribution >= 4 is 21.6 Å². The molecule has 2 rings (SSSR count). The number of nitrogens with zero attached hydrogens (tertiary/aromatic N) is 2. The first-order chi connectivity index (χ1) is 7.65. The fourth-order valence-electron chi connectivity index (χ4n) is 2.17. The third-order valence-electron chi connectivity index (χ3n) is 3.23. The Morgan fingerprint density at radius 2 is 2.31 bits per heavy atom. The second kappa shape index (κ2) is 4.44. The van der Waals surface area contributed by atoms with Gasteiger partial charge in [-0.25, -0.2) is 0 Å². The first-order valence-electron chi connectivity index (χ1n) is 5.36. The number of nitrogens with two attached hydrogens (primary N) is 1. The summed E-state index contributed by atoms with van der Waals surface area (Å²) in [5.41, 5.74) is 7.68. The third kappa shape index (κ3) is 1.81. The van der Waals surface area contributed by atoms with Gasteiger partial charge in [0.15, 0.2) is 0 Å². The number of hydrogen-bond acceptors (Lipinski definition) is 3. The summed E-state index contributed by atoms with van der Waals surface area (Å²) in [5, 5.41) is 9.17. The van der Waals surface area contributed by atoms with Gasteiger partial charge in [-0.05, 0) is 41.4 Å².